The zero-order valence-electron chi connectivity index (χ0n) is 14.1. The minimum atomic E-state index is -3.69. The van der Waals surface area contributed by atoms with Gasteiger partial charge in [-0.25, -0.2) is 4.39 Å². The van der Waals surface area contributed by atoms with E-state index in [1.165, 1.54) is 37.5 Å². The molecule has 0 fully saturated rings. The molecule has 4 nitrogen and oxygen atoms in total. The van der Waals surface area contributed by atoms with Crippen molar-refractivity contribution in [3.05, 3.63) is 63.9 Å². The first-order chi connectivity index (χ1) is 12.0. The average Bonchev–Trinajstić information content (AvgIpc) is 3.07. The van der Waals surface area contributed by atoms with Crippen LogP contribution in [-0.2, 0) is 26.5 Å². The van der Waals surface area contributed by atoms with Gasteiger partial charge in [-0.2, -0.15) is 0 Å². The summed E-state index contributed by atoms with van der Waals surface area (Å²) in [5.74, 6) is -1.63. The van der Waals surface area contributed by atoms with Gasteiger partial charge in [0.25, 0.3) is 0 Å². The molecule has 0 aliphatic heterocycles. The number of nitrogens with one attached hydrogen (secondary N) is 1. The second kappa shape index (κ2) is 7.46. The number of hydrogen-bond donors (Lipinski definition) is 1. The van der Waals surface area contributed by atoms with E-state index in [-0.39, 0.29) is 10.6 Å². The highest BCUT2D eigenvalue weighted by molar-refractivity contribution is 7.54. The van der Waals surface area contributed by atoms with Crippen LogP contribution in [0, 0.1) is 5.82 Å². The Balaban J connectivity index is 2.04. The van der Waals surface area contributed by atoms with Crippen molar-refractivity contribution < 1.29 is 18.0 Å². The predicted octanol–water partition coefficient (Wildman–Crippen LogP) is 5.56. The molecule has 1 unspecified atom stereocenters. The van der Waals surface area contributed by atoms with E-state index in [2.05, 4.69) is 5.32 Å². The van der Waals surface area contributed by atoms with Crippen molar-refractivity contribution in [3.8, 4) is 0 Å². The lowest BCUT2D eigenvalue weighted by Crippen LogP contribution is -2.16. The fourth-order valence-electron chi connectivity index (χ4n) is 3.19. The Labute approximate surface area is 151 Å². The molecule has 1 atom stereocenters. The Hall–Kier alpha value is -1.39. The standard InChI is InChI=1S/C18H20ClFNO3P/c1-23-25(22,24-2)18(17-15(19)7-4-8-16(17)20)21-14-10-9-12-5-3-6-13(12)11-14/h4,7-11,18,21H,3,5-6H2,1-2H3. The molecule has 2 aromatic carbocycles. The molecule has 0 amide bonds. The molecule has 3 rings (SSSR count). The van der Waals surface area contributed by atoms with E-state index in [9.17, 15) is 8.96 Å². The van der Waals surface area contributed by atoms with Crippen molar-refractivity contribution in [1.82, 2.24) is 0 Å². The summed E-state index contributed by atoms with van der Waals surface area (Å²) >= 11 is 6.19. The van der Waals surface area contributed by atoms with Crippen LogP contribution in [0.2, 0.25) is 5.02 Å². The SMILES string of the molecule is COP(=O)(OC)C(Nc1ccc2c(c1)CCC2)c1c(F)cccc1Cl. The minimum Gasteiger partial charge on any atom is -0.368 e. The van der Waals surface area contributed by atoms with Gasteiger partial charge in [-0.1, -0.05) is 23.7 Å². The summed E-state index contributed by atoms with van der Waals surface area (Å²) in [4.78, 5) is 0. The second-order valence-corrected chi connectivity index (χ2v) is 8.66. The quantitative estimate of drug-likeness (QED) is 0.663. The van der Waals surface area contributed by atoms with Crippen molar-refractivity contribution in [3.63, 3.8) is 0 Å². The van der Waals surface area contributed by atoms with Crippen LogP contribution in [0.4, 0.5) is 10.1 Å². The second-order valence-electron chi connectivity index (χ2n) is 5.92. The van der Waals surface area contributed by atoms with Crippen LogP contribution in [0.5, 0.6) is 0 Å². The van der Waals surface area contributed by atoms with Crippen molar-refractivity contribution in [2.24, 2.45) is 0 Å². The predicted molar refractivity (Wildman–Crippen MR) is 97.9 cm³/mol. The summed E-state index contributed by atoms with van der Waals surface area (Å²) in [5, 5.41) is 3.27. The van der Waals surface area contributed by atoms with Crippen LogP contribution in [-0.4, -0.2) is 14.2 Å². The van der Waals surface area contributed by atoms with E-state index in [0.717, 1.165) is 24.9 Å². The van der Waals surface area contributed by atoms with Gasteiger partial charge in [0.15, 0.2) is 5.78 Å². The molecule has 0 aromatic heterocycles. The van der Waals surface area contributed by atoms with Crippen molar-refractivity contribution in [2.75, 3.05) is 19.5 Å². The van der Waals surface area contributed by atoms with E-state index >= 15 is 0 Å². The van der Waals surface area contributed by atoms with E-state index in [1.807, 2.05) is 18.2 Å². The van der Waals surface area contributed by atoms with Crippen LogP contribution >= 0.6 is 19.2 Å². The molecule has 0 saturated heterocycles. The Morgan fingerprint density at radius 2 is 1.88 bits per heavy atom. The Morgan fingerprint density at radius 1 is 1.16 bits per heavy atom. The van der Waals surface area contributed by atoms with E-state index in [4.69, 9.17) is 20.6 Å². The topological polar surface area (TPSA) is 47.6 Å². The molecular formula is C18H20ClFNO3P. The smallest absolute Gasteiger partial charge is 0.356 e. The average molecular weight is 384 g/mol. The highest BCUT2D eigenvalue weighted by atomic mass is 35.5. The Bertz CT molecular complexity index is 802. The zero-order valence-corrected chi connectivity index (χ0v) is 15.7. The molecule has 1 aliphatic rings. The van der Waals surface area contributed by atoms with Crippen molar-refractivity contribution in [2.45, 2.75) is 25.0 Å². The molecule has 2 aromatic rings. The van der Waals surface area contributed by atoms with Gasteiger partial charge in [-0.3, -0.25) is 4.57 Å². The maximum atomic E-state index is 14.5. The number of rotatable bonds is 6. The van der Waals surface area contributed by atoms with Gasteiger partial charge in [0, 0.05) is 30.5 Å². The summed E-state index contributed by atoms with van der Waals surface area (Å²) in [5.41, 5.74) is 3.34. The van der Waals surface area contributed by atoms with Crippen LogP contribution in [0.25, 0.3) is 0 Å². The number of benzene rings is 2. The van der Waals surface area contributed by atoms with Gasteiger partial charge < -0.3 is 14.4 Å². The van der Waals surface area contributed by atoms with Crippen molar-refractivity contribution >= 4 is 24.9 Å². The summed E-state index contributed by atoms with van der Waals surface area (Å²) in [7, 11) is -1.14. The number of fused-ring (bicyclic) bond motifs is 1. The highest BCUT2D eigenvalue weighted by Gasteiger charge is 2.38. The Morgan fingerprint density at radius 3 is 2.56 bits per heavy atom. The number of hydrogen-bond acceptors (Lipinski definition) is 4. The lowest BCUT2D eigenvalue weighted by Gasteiger charge is -2.27. The molecule has 0 saturated carbocycles. The number of aryl methyl sites for hydroxylation is 2. The van der Waals surface area contributed by atoms with E-state index in [0.29, 0.717) is 0 Å². The van der Waals surface area contributed by atoms with Gasteiger partial charge in [-0.15, -0.1) is 0 Å². The van der Waals surface area contributed by atoms with Gasteiger partial charge in [-0.05, 0) is 54.7 Å². The largest absolute Gasteiger partial charge is 0.368 e. The molecular weight excluding hydrogens is 364 g/mol. The first-order valence-electron chi connectivity index (χ1n) is 8.02. The first-order valence-corrected chi connectivity index (χ1v) is 10.0. The molecule has 134 valence electrons. The molecule has 0 bridgehead atoms. The fourth-order valence-corrected chi connectivity index (χ4v) is 4.99. The van der Waals surface area contributed by atoms with E-state index in [1.54, 1.807) is 6.07 Å². The summed E-state index contributed by atoms with van der Waals surface area (Å²) < 4.78 is 37.8. The van der Waals surface area contributed by atoms with Gasteiger partial charge in [0.05, 0.1) is 0 Å². The molecule has 1 aliphatic carbocycles. The minimum absolute atomic E-state index is 0.0664. The number of anilines is 1. The lowest BCUT2D eigenvalue weighted by atomic mass is 10.1. The summed E-state index contributed by atoms with van der Waals surface area (Å²) in [6, 6.07) is 10.2. The third-order valence-electron chi connectivity index (χ3n) is 4.50. The van der Waals surface area contributed by atoms with Crippen LogP contribution in [0.3, 0.4) is 0 Å². The maximum absolute atomic E-state index is 14.5. The molecule has 1 N–H and O–H groups in total. The van der Waals surface area contributed by atoms with Crippen LogP contribution in [0.1, 0.15) is 28.9 Å². The molecule has 0 spiro atoms. The summed E-state index contributed by atoms with van der Waals surface area (Å²) in [6.07, 6.45) is 3.19. The zero-order chi connectivity index (χ0) is 18.0. The number of halogens is 2. The van der Waals surface area contributed by atoms with Crippen molar-refractivity contribution in [1.29, 1.82) is 0 Å². The highest BCUT2D eigenvalue weighted by Crippen LogP contribution is 2.61. The normalized spacial score (nSPS) is 15.0. The van der Waals surface area contributed by atoms with Gasteiger partial charge in [0.1, 0.15) is 5.82 Å². The van der Waals surface area contributed by atoms with E-state index < -0.39 is 19.2 Å². The third-order valence-corrected chi connectivity index (χ3v) is 6.87. The molecule has 7 heteroatoms. The molecule has 0 radical (unpaired) electrons. The van der Waals surface area contributed by atoms with Gasteiger partial charge >= 0.3 is 7.60 Å². The van der Waals surface area contributed by atoms with Crippen LogP contribution < -0.4 is 5.32 Å². The monoisotopic (exact) mass is 383 g/mol. The molecule has 25 heavy (non-hydrogen) atoms. The molecule has 0 heterocycles. The van der Waals surface area contributed by atoms with Gasteiger partial charge in [0.2, 0.25) is 0 Å². The maximum Gasteiger partial charge on any atom is 0.356 e. The Kier molecular flexibility index (Phi) is 5.49. The summed E-state index contributed by atoms with van der Waals surface area (Å²) in [6.45, 7) is 0. The third kappa shape index (κ3) is 3.61. The fraction of sp³-hybridized carbons (Fsp3) is 0.333. The lowest BCUT2D eigenvalue weighted by molar-refractivity contribution is 0.268. The van der Waals surface area contributed by atoms with Crippen LogP contribution in [0.15, 0.2) is 36.4 Å². The first kappa shape index (κ1) is 18.4.